The van der Waals surface area contributed by atoms with E-state index in [1.807, 2.05) is 0 Å². The third-order valence-corrected chi connectivity index (χ3v) is 12.7. The van der Waals surface area contributed by atoms with Gasteiger partial charge in [0.2, 0.25) is 5.91 Å². The van der Waals surface area contributed by atoms with Gasteiger partial charge in [-0.1, -0.05) is 224 Å². The lowest BCUT2D eigenvalue weighted by Crippen LogP contribution is -2.43. The van der Waals surface area contributed by atoms with Gasteiger partial charge in [0.05, 0.1) is 13.2 Å². The number of esters is 1. The normalized spacial score (nSPS) is 13.7. The number of allylic oxidation sites excluding steroid dienone is 4. The molecule has 0 aliphatic heterocycles. The predicted octanol–water partition coefficient (Wildman–Crippen LogP) is 14.6. The zero-order chi connectivity index (χ0) is 47.0. The number of nitrogens with one attached hydrogen (secondary N) is 1. The fraction of sp³-hybridized carbons (Fsp3) is 0.865. The highest BCUT2D eigenvalue weighted by Gasteiger charge is 2.28. The molecule has 0 aromatic carbocycles. The molecule has 0 saturated carbocycles. The molecule has 3 atom stereocenters. The number of ether oxygens (including phenoxy) is 1. The Morgan fingerprint density at radius 1 is 0.500 bits per heavy atom. The summed E-state index contributed by atoms with van der Waals surface area (Å²) in [6.07, 6.45) is 52.0. The average Bonchev–Trinajstić information content (AvgIpc) is 3.27. The predicted molar refractivity (Wildman–Crippen MR) is 263 cm³/mol. The van der Waals surface area contributed by atoms with Gasteiger partial charge in [0, 0.05) is 12.8 Å². The number of aliphatic hydroxyl groups is 1. The highest BCUT2D eigenvalue weighted by Crippen LogP contribution is 2.43. The lowest BCUT2D eigenvalue weighted by atomic mass is 10.0. The van der Waals surface area contributed by atoms with Crippen LogP contribution in [0.3, 0.4) is 0 Å². The third kappa shape index (κ3) is 46.5. The molecule has 0 rings (SSSR count). The molecule has 0 fully saturated rings. The first-order chi connectivity index (χ1) is 31.1. The fourth-order valence-corrected chi connectivity index (χ4v) is 8.41. The number of aliphatic carboxylic acids is 1. The summed E-state index contributed by atoms with van der Waals surface area (Å²) < 4.78 is 27.0. The van der Waals surface area contributed by atoms with Gasteiger partial charge in [-0.3, -0.25) is 18.6 Å². The van der Waals surface area contributed by atoms with Crippen molar-refractivity contribution in [3.63, 3.8) is 0 Å². The highest BCUT2D eigenvalue weighted by atomic mass is 31.2. The molecule has 4 N–H and O–H groups in total. The molecule has 3 unspecified atom stereocenters. The lowest BCUT2D eigenvalue weighted by Gasteiger charge is -2.18. The first-order valence-electron chi connectivity index (χ1n) is 26.4. The summed E-state index contributed by atoms with van der Waals surface area (Å²) in [6.45, 7) is 2.61. The van der Waals surface area contributed by atoms with Gasteiger partial charge < -0.3 is 25.2 Å². The van der Waals surface area contributed by atoms with Crippen LogP contribution in [0.5, 0.6) is 0 Å². The van der Waals surface area contributed by atoms with Crippen LogP contribution < -0.4 is 5.32 Å². The third-order valence-electron chi connectivity index (χ3n) is 11.7. The zero-order valence-electron chi connectivity index (χ0n) is 41.1. The molecule has 0 aromatic heterocycles. The Hall–Kier alpha value is -2.04. The topological polar surface area (TPSA) is 169 Å². The van der Waals surface area contributed by atoms with Gasteiger partial charge in [0.1, 0.15) is 12.7 Å². The summed E-state index contributed by atoms with van der Waals surface area (Å²) in [7, 11) is -4.76. The van der Waals surface area contributed by atoms with Crippen molar-refractivity contribution in [1.82, 2.24) is 5.32 Å². The van der Waals surface area contributed by atoms with Crippen LogP contribution in [0.4, 0.5) is 0 Å². The summed E-state index contributed by atoms with van der Waals surface area (Å²) in [5, 5.41) is 21.9. The lowest BCUT2D eigenvalue weighted by molar-refractivity contribution is -0.147. The maximum absolute atomic E-state index is 12.3. The fourth-order valence-electron chi connectivity index (χ4n) is 7.64. The number of carbonyl (C=O) groups excluding carboxylic acids is 2. The van der Waals surface area contributed by atoms with Crippen molar-refractivity contribution in [1.29, 1.82) is 0 Å². The summed E-state index contributed by atoms with van der Waals surface area (Å²) in [5.41, 5.74) is 0. The molecule has 0 aliphatic carbocycles. The first kappa shape index (κ1) is 62.0. The Bertz CT molecular complexity index is 1180. The molecule has 0 aliphatic rings. The molecule has 0 radical (unpaired) electrons. The van der Waals surface area contributed by atoms with Gasteiger partial charge in [0.15, 0.2) is 6.04 Å². The second kappa shape index (κ2) is 47.5. The van der Waals surface area contributed by atoms with E-state index in [1.54, 1.807) is 0 Å². The van der Waals surface area contributed by atoms with Crippen LogP contribution in [0.1, 0.15) is 258 Å². The molecule has 11 nitrogen and oxygen atoms in total. The number of phosphoric ester groups is 1. The Morgan fingerprint density at radius 2 is 0.859 bits per heavy atom. The minimum absolute atomic E-state index is 0.138. The number of carboxylic acids is 1. The summed E-state index contributed by atoms with van der Waals surface area (Å²) in [6, 6.07) is -1.55. The van der Waals surface area contributed by atoms with Gasteiger partial charge in [-0.2, -0.15) is 0 Å². The van der Waals surface area contributed by atoms with Crippen molar-refractivity contribution in [3.8, 4) is 0 Å². The van der Waals surface area contributed by atoms with Crippen LogP contribution in [-0.2, 0) is 32.7 Å². The molecule has 0 bridgehead atoms. The number of carboxylic acid groups (broad SMARTS) is 1. The van der Waals surface area contributed by atoms with Crippen LogP contribution in [0.2, 0.25) is 0 Å². The van der Waals surface area contributed by atoms with Crippen molar-refractivity contribution < 1.29 is 47.8 Å². The minimum Gasteiger partial charge on any atom is -0.480 e. The maximum Gasteiger partial charge on any atom is 0.472 e. The molecule has 376 valence electrons. The SMILES string of the molecule is CCCCC/C=C\C/C=C\CCCCCCCCCC(=O)NC(COP(=O)(O)OCC(O)COC(=O)CCCCCCCCCCCCCCCCCCCCCCCCC)C(=O)O. The van der Waals surface area contributed by atoms with Gasteiger partial charge in [-0.05, 0) is 44.9 Å². The minimum atomic E-state index is -4.76. The van der Waals surface area contributed by atoms with Crippen LogP contribution in [-0.4, -0.2) is 64.9 Å². The van der Waals surface area contributed by atoms with E-state index in [4.69, 9.17) is 13.8 Å². The smallest absolute Gasteiger partial charge is 0.472 e. The molecular formula is C52H98NO10P. The first-order valence-corrected chi connectivity index (χ1v) is 27.9. The Balaban J connectivity index is 3.77. The number of rotatable bonds is 50. The maximum atomic E-state index is 12.3. The van der Waals surface area contributed by atoms with Crippen LogP contribution >= 0.6 is 7.82 Å². The molecular weight excluding hydrogens is 830 g/mol. The number of amides is 1. The van der Waals surface area contributed by atoms with Crippen molar-refractivity contribution in [2.45, 2.75) is 270 Å². The molecule has 12 heteroatoms. The van der Waals surface area contributed by atoms with E-state index in [0.29, 0.717) is 12.8 Å². The van der Waals surface area contributed by atoms with Gasteiger partial charge in [0.25, 0.3) is 0 Å². The van der Waals surface area contributed by atoms with Gasteiger partial charge in [-0.15, -0.1) is 0 Å². The molecule has 64 heavy (non-hydrogen) atoms. The van der Waals surface area contributed by atoms with Gasteiger partial charge >= 0.3 is 19.8 Å². The second-order valence-corrected chi connectivity index (χ2v) is 19.5. The molecule has 1 amide bonds. The monoisotopic (exact) mass is 928 g/mol. The summed E-state index contributed by atoms with van der Waals surface area (Å²) in [5.74, 6) is -2.37. The highest BCUT2D eigenvalue weighted by molar-refractivity contribution is 7.47. The summed E-state index contributed by atoms with van der Waals surface area (Å²) >= 11 is 0. The van der Waals surface area contributed by atoms with Crippen molar-refractivity contribution in [2.75, 3.05) is 19.8 Å². The van der Waals surface area contributed by atoms with E-state index in [-0.39, 0.29) is 12.8 Å². The Kier molecular flexibility index (Phi) is 45.9. The average molecular weight is 928 g/mol. The van der Waals surface area contributed by atoms with Crippen LogP contribution in [0, 0.1) is 0 Å². The molecule has 0 saturated heterocycles. The number of carbonyl (C=O) groups is 3. The van der Waals surface area contributed by atoms with E-state index in [0.717, 1.165) is 57.8 Å². The Morgan fingerprint density at radius 3 is 1.30 bits per heavy atom. The van der Waals surface area contributed by atoms with E-state index in [1.165, 1.54) is 161 Å². The van der Waals surface area contributed by atoms with Crippen LogP contribution in [0.15, 0.2) is 24.3 Å². The molecule has 0 aromatic rings. The van der Waals surface area contributed by atoms with E-state index < -0.39 is 57.6 Å². The van der Waals surface area contributed by atoms with Gasteiger partial charge in [-0.25, -0.2) is 9.36 Å². The van der Waals surface area contributed by atoms with Crippen molar-refractivity contribution in [3.05, 3.63) is 24.3 Å². The van der Waals surface area contributed by atoms with E-state index in [2.05, 4.69) is 43.5 Å². The second-order valence-electron chi connectivity index (χ2n) is 18.1. The standard InChI is InChI=1S/C52H98NO10P/c1-3-5-7-9-11-13-15-17-19-21-22-23-24-25-26-28-30-32-34-36-38-40-42-44-51(56)61-45-48(54)46-62-64(59,60)63-47-49(52(57)58)53-50(55)43-41-39-37-35-33-31-29-27-20-18-16-14-12-10-8-6-4-2/h12,14,18,20,48-49,54H,3-11,13,15-17,19,21-47H2,1-2H3,(H,53,55)(H,57,58)(H,59,60)/b14-12-,20-18-. The van der Waals surface area contributed by atoms with Crippen molar-refractivity contribution >= 4 is 25.7 Å². The summed E-state index contributed by atoms with van der Waals surface area (Å²) in [4.78, 5) is 46.1. The number of hydrogen-bond donors (Lipinski definition) is 4. The molecule has 0 spiro atoms. The largest absolute Gasteiger partial charge is 0.480 e. The van der Waals surface area contributed by atoms with Crippen LogP contribution in [0.25, 0.3) is 0 Å². The zero-order valence-corrected chi connectivity index (χ0v) is 42.0. The number of phosphoric acid groups is 1. The number of hydrogen-bond acceptors (Lipinski definition) is 8. The number of unbranched alkanes of at least 4 members (excludes halogenated alkanes) is 32. The number of aliphatic hydroxyl groups excluding tert-OH is 1. The Labute approximate surface area is 391 Å². The van der Waals surface area contributed by atoms with E-state index in [9.17, 15) is 34.1 Å². The van der Waals surface area contributed by atoms with E-state index >= 15 is 0 Å². The molecule has 0 heterocycles. The van der Waals surface area contributed by atoms with Crippen molar-refractivity contribution in [2.24, 2.45) is 0 Å². The quantitative estimate of drug-likeness (QED) is 0.0199.